The van der Waals surface area contributed by atoms with E-state index in [1.165, 1.54) is 19.2 Å². The largest absolute Gasteiger partial charge is 0.497 e. The second-order valence-corrected chi connectivity index (χ2v) is 6.04. The molecule has 0 aliphatic carbocycles. The molecule has 0 bridgehead atoms. The van der Waals surface area contributed by atoms with E-state index in [0.29, 0.717) is 11.4 Å². The van der Waals surface area contributed by atoms with Gasteiger partial charge < -0.3 is 20.5 Å². The lowest BCUT2D eigenvalue weighted by atomic mass is 10.1. The van der Waals surface area contributed by atoms with E-state index in [0.717, 1.165) is 6.07 Å². The molecule has 2 aromatic carbocycles. The fourth-order valence-corrected chi connectivity index (χ4v) is 2.36. The third-order valence-electron chi connectivity index (χ3n) is 3.52. The topological polar surface area (TPSA) is 68.9 Å². The third-order valence-corrected chi connectivity index (χ3v) is 3.52. The number of nitrogens with zero attached hydrogens (tertiary/aromatic N) is 1. The van der Waals surface area contributed by atoms with E-state index < -0.39 is 11.7 Å². The summed E-state index contributed by atoms with van der Waals surface area (Å²) in [6, 6.07) is 10.8. The number of hydrogen-bond donors (Lipinski definition) is 2. The third kappa shape index (κ3) is 7.10. The number of nitrogens with two attached hydrogens (primary N) is 1. The van der Waals surface area contributed by atoms with E-state index in [2.05, 4.69) is 10.3 Å². The van der Waals surface area contributed by atoms with Crippen LogP contribution in [0.25, 0.3) is 0 Å². The molecule has 0 saturated heterocycles. The summed E-state index contributed by atoms with van der Waals surface area (Å²) in [6.07, 6.45) is -4.74. The summed E-state index contributed by atoms with van der Waals surface area (Å²) in [5, 5.41) is 2.82. The Morgan fingerprint density at radius 3 is 2.46 bits per heavy atom. The monoisotopic (exact) mass is 509 g/mol. The van der Waals surface area contributed by atoms with Gasteiger partial charge in [0.1, 0.15) is 11.5 Å². The van der Waals surface area contributed by atoms with E-state index in [9.17, 15) is 13.2 Å². The Morgan fingerprint density at radius 1 is 1.14 bits per heavy atom. The molecular weight excluding hydrogens is 486 g/mol. The Morgan fingerprint density at radius 2 is 1.86 bits per heavy atom. The predicted molar refractivity (Wildman–Crippen MR) is 115 cm³/mol. The van der Waals surface area contributed by atoms with Gasteiger partial charge in [0.15, 0.2) is 5.96 Å². The zero-order valence-electron chi connectivity index (χ0n) is 15.7. The number of guanidine groups is 1. The molecule has 0 unspecified atom stereocenters. The first-order chi connectivity index (χ1) is 12.7. The fraction of sp³-hybridized carbons (Fsp3) is 0.316. The number of benzene rings is 2. The van der Waals surface area contributed by atoms with Crippen molar-refractivity contribution >= 4 is 35.6 Å². The molecule has 0 heterocycles. The van der Waals surface area contributed by atoms with Gasteiger partial charge in [0.25, 0.3) is 0 Å². The van der Waals surface area contributed by atoms with Crippen LogP contribution in [0, 0.1) is 0 Å². The van der Waals surface area contributed by atoms with Crippen LogP contribution in [0.5, 0.6) is 11.5 Å². The Kier molecular flexibility index (Phi) is 8.86. The summed E-state index contributed by atoms with van der Waals surface area (Å²) in [6.45, 7) is 3.27. The van der Waals surface area contributed by atoms with Gasteiger partial charge in [-0.3, -0.25) is 0 Å². The zero-order valence-corrected chi connectivity index (χ0v) is 18.0. The van der Waals surface area contributed by atoms with Crippen LogP contribution in [0.3, 0.4) is 0 Å². The van der Waals surface area contributed by atoms with Gasteiger partial charge in [0.05, 0.1) is 25.3 Å². The molecule has 3 N–H and O–H groups in total. The van der Waals surface area contributed by atoms with Crippen molar-refractivity contribution in [3.8, 4) is 11.5 Å². The average molecular weight is 509 g/mol. The van der Waals surface area contributed by atoms with Crippen LogP contribution in [0.1, 0.15) is 25.0 Å². The molecule has 0 fully saturated rings. The van der Waals surface area contributed by atoms with Gasteiger partial charge in [-0.25, -0.2) is 4.99 Å². The van der Waals surface area contributed by atoms with Crippen LogP contribution in [-0.4, -0.2) is 19.2 Å². The number of rotatable bonds is 6. The Labute approximate surface area is 179 Å². The summed E-state index contributed by atoms with van der Waals surface area (Å²) in [5.41, 5.74) is 5.63. The standard InChI is InChI=1S/C19H22F3N3O2.HI/c1-12(2)27-16-8-7-13(17(10-16)19(20,21)22)11-24-18(23)25-14-5-4-6-15(9-14)26-3;/h4-10,12H,11H2,1-3H3,(H3,23,24,25);1H. The number of nitrogens with one attached hydrogen (secondary N) is 1. The SMILES string of the molecule is COc1cccc(NC(N)=NCc2ccc(OC(C)C)cc2C(F)(F)F)c1.I. The molecule has 9 heteroatoms. The second kappa shape index (κ2) is 10.4. The van der Waals surface area contributed by atoms with Gasteiger partial charge in [0, 0.05) is 11.8 Å². The molecule has 5 nitrogen and oxygen atoms in total. The molecule has 0 aromatic heterocycles. The van der Waals surface area contributed by atoms with Gasteiger partial charge >= 0.3 is 6.18 Å². The molecule has 0 spiro atoms. The maximum absolute atomic E-state index is 13.4. The van der Waals surface area contributed by atoms with Crippen LogP contribution in [-0.2, 0) is 12.7 Å². The molecular formula is C19H23F3IN3O2. The molecule has 0 saturated carbocycles. The van der Waals surface area contributed by atoms with Gasteiger partial charge in [-0.05, 0) is 43.7 Å². The molecule has 154 valence electrons. The van der Waals surface area contributed by atoms with Crippen LogP contribution in [0.15, 0.2) is 47.5 Å². The van der Waals surface area contributed by atoms with Gasteiger partial charge in [-0.15, -0.1) is 24.0 Å². The first kappa shape index (κ1) is 23.9. The van der Waals surface area contributed by atoms with Gasteiger partial charge in [0.2, 0.25) is 0 Å². The highest BCUT2D eigenvalue weighted by molar-refractivity contribution is 14.0. The Bertz CT molecular complexity index is 811. The van der Waals surface area contributed by atoms with Crippen LogP contribution in [0.2, 0.25) is 0 Å². The number of alkyl halides is 3. The normalized spacial score (nSPS) is 11.8. The molecule has 2 rings (SSSR count). The minimum Gasteiger partial charge on any atom is -0.497 e. The molecule has 0 aliphatic rings. The zero-order chi connectivity index (χ0) is 20.0. The van der Waals surface area contributed by atoms with Gasteiger partial charge in [-0.2, -0.15) is 13.2 Å². The van der Waals surface area contributed by atoms with E-state index in [4.69, 9.17) is 15.2 Å². The number of methoxy groups -OCH3 is 1. The number of hydrogen-bond acceptors (Lipinski definition) is 3. The lowest BCUT2D eigenvalue weighted by Crippen LogP contribution is -2.22. The first-order valence-electron chi connectivity index (χ1n) is 8.27. The van der Waals surface area contributed by atoms with Crippen LogP contribution in [0.4, 0.5) is 18.9 Å². The van der Waals surface area contributed by atoms with Gasteiger partial charge in [-0.1, -0.05) is 12.1 Å². The van der Waals surface area contributed by atoms with Crippen LogP contribution < -0.4 is 20.5 Å². The van der Waals surface area contributed by atoms with Crippen molar-refractivity contribution in [1.82, 2.24) is 0 Å². The lowest BCUT2D eigenvalue weighted by molar-refractivity contribution is -0.138. The van der Waals surface area contributed by atoms with Crippen molar-refractivity contribution in [2.45, 2.75) is 32.7 Å². The van der Waals surface area contributed by atoms with Crippen molar-refractivity contribution < 1.29 is 22.6 Å². The smallest absolute Gasteiger partial charge is 0.416 e. The minimum absolute atomic E-state index is 0. The lowest BCUT2D eigenvalue weighted by Gasteiger charge is -2.16. The maximum Gasteiger partial charge on any atom is 0.416 e. The quantitative estimate of drug-likeness (QED) is 0.325. The molecule has 28 heavy (non-hydrogen) atoms. The average Bonchev–Trinajstić information content (AvgIpc) is 2.59. The highest BCUT2D eigenvalue weighted by Crippen LogP contribution is 2.35. The molecule has 0 aliphatic heterocycles. The van der Waals surface area contributed by atoms with Crippen molar-refractivity contribution in [2.75, 3.05) is 12.4 Å². The predicted octanol–water partition coefficient (Wildman–Crippen LogP) is 5.05. The number of ether oxygens (including phenoxy) is 2. The number of anilines is 1. The summed E-state index contributed by atoms with van der Waals surface area (Å²) in [7, 11) is 1.53. The van der Waals surface area contributed by atoms with Crippen molar-refractivity contribution in [1.29, 1.82) is 0 Å². The first-order valence-corrected chi connectivity index (χ1v) is 8.27. The summed E-state index contributed by atoms with van der Waals surface area (Å²) in [4.78, 5) is 4.01. The molecule has 0 radical (unpaired) electrons. The van der Waals surface area contributed by atoms with E-state index in [1.54, 1.807) is 38.1 Å². The summed E-state index contributed by atoms with van der Waals surface area (Å²) >= 11 is 0. The summed E-state index contributed by atoms with van der Waals surface area (Å²) in [5.74, 6) is 0.777. The molecule has 0 atom stereocenters. The molecule has 2 aromatic rings. The van der Waals surface area contributed by atoms with E-state index in [1.807, 2.05) is 0 Å². The van der Waals surface area contributed by atoms with Crippen molar-refractivity contribution in [2.24, 2.45) is 10.7 Å². The van der Waals surface area contributed by atoms with E-state index >= 15 is 0 Å². The highest BCUT2D eigenvalue weighted by Gasteiger charge is 2.33. The number of aliphatic imine (C=N–C) groups is 1. The van der Waals surface area contributed by atoms with Crippen LogP contribution >= 0.6 is 24.0 Å². The minimum atomic E-state index is -4.52. The number of halogens is 4. The van der Waals surface area contributed by atoms with Crippen molar-refractivity contribution in [3.63, 3.8) is 0 Å². The van der Waals surface area contributed by atoms with E-state index in [-0.39, 0.29) is 53.9 Å². The maximum atomic E-state index is 13.4. The fourth-order valence-electron chi connectivity index (χ4n) is 2.36. The molecule has 0 amide bonds. The summed E-state index contributed by atoms with van der Waals surface area (Å²) < 4.78 is 50.5. The Balaban J connectivity index is 0.00000392. The second-order valence-electron chi connectivity index (χ2n) is 6.04. The highest BCUT2D eigenvalue weighted by atomic mass is 127. The van der Waals surface area contributed by atoms with Crippen molar-refractivity contribution in [3.05, 3.63) is 53.6 Å². The Hall–Kier alpha value is -2.17.